The van der Waals surface area contributed by atoms with Crippen molar-refractivity contribution in [1.82, 2.24) is 5.32 Å². The minimum atomic E-state index is -1.43. The molecule has 0 aliphatic carbocycles. The average molecular weight is 239 g/mol. The second-order valence-corrected chi connectivity index (χ2v) is 4.95. The van der Waals surface area contributed by atoms with Gasteiger partial charge in [-0.25, -0.2) is 0 Å². The SMILES string of the molecule is C#CC(C)(C(=O)O)C1(C)NC(C(=O)O)CC1C. The summed E-state index contributed by atoms with van der Waals surface area (Å²) in [6, 6.07) is -0.748. The Kier molecular flexibility index (Phi) is 3.22. The molecule has 5 nitrogen and oxygen atoms in total. The van der Waals surface area contributed by atoms with Gasteiger partial charge in [-0.15, -0.1) is 6.42 Å². The zero-order valence-electron chi connectivity index (χ0n) is 10.2. The molecular weight excluding hydrogens is 222 g/mol. The molecule has 0 spiro atoms. The van der Waals surface area contributed by atoms with E-state index in [0.717, 1.165) is 0 Å². The Labute approximate surface area is 100 Å². The van der Waals surface area contributed by atoms with E-state index in [1.807, 2.05) is 6.92 Å². The van der Waals surface area contributed by atoms with E-state index >= 15 is 0 Å². The van der Waals surface area contributed by atoms with Crippen molar-refractivity contribution in [2.45, 2.75) is 38.8 Å². The maximum absolute atomic E-state index is 11.3. The minimum absolute atomic E-state index is 0.138. The summed E-state index contributed by atoms with van der Waals surface area (Å²) >= 11 is 0. The number of carboxylic acids is 2. The first-order valence-electron chi connectivity index (χ1n) is 5.40. The minimum Gasteiger partial charge on any atom is -0.480 e. The number of hydrogen-bond acceptors (Lipinski definition) is 3. The van der Waals surface area contributed by atoms with Gasteiger partial charge >= 0.3 is 11.9 Å². The van der Waals surface area contributed by atoms with Crippen LogP contribution in [0.5, 0.6) is 0 Å². The van der Waals surface area contributed by atoms with Crippen molar-refractivity contribution in [2.75, 3.05) is 0 Å². The fraction of sp³-hybridized carbons (Fsp3) is 0.667. The Balaban J connectivity index is 3.16. The Morgan fingerprint density at radius 3 is 2.35 bits per heavy atom. The van der Waals surface area contributed by atoms with E-state index in [-0.39, 0.29) is 5.92 Å². The largest absolute Gasteiger partial charge is 0.480 e. The van der Waals surface area contributed by atoms with Crippen molar-refractivity contribution in [2.24, 2.45) is 11.3 Å². The van der Waals surface area contributed by atoms with Crippen LogP contribution in [-0.2, 0) is 9.59 Å². The lowest BCUT2D eigenvalue weighted by atomic mass is 9.67. The summed E-state index contributed by atoms with van der Waals surface area (Å²) < 4.78 is 0. The lowest BCUT2D eigenvalue weighted by Crippen LogP contribution is -2.59. The monoisotopic (exact) mass is 239 g/mol. The third-order valence-electron chi connectivity index (χ3n) is 4.10. The van der Waals surface area contributed by atoms with Crippen LogP contribution in [0.1, 0.15) is 27.2 Å². The smallest absolute Gasteiger partial charge is 0.323 e. The molecule has 0 amide bonds. The predicted molar refractivity (Wildman–Crippen MR) is 61.3 cm³/mol. The van der Waals surface area contributed by atoms with Crippen LogP contribution in [0.25, 0.3) is 0 Å². The standard InChI is InChI=1S/C12H17NO4/c1-5-11(3,10(16)17)12(4)7(2)6-8(13-12)9(14)15/h1,7-8,13H,6H2,2-4H3,(H,14,15)(H,16,17). The summed E-state index contributed by atoms with van der Waals surface area (Å²) in [5.41, 5.74) is -2.37. The summed E-state index contributed by atoms with van der Waals surface area (Å²) in [6.07, 6.45) is 5.71. The van der Waals surface area contributed by atoms with Crippen molar-refractivity contribution in [3.8, 4) is 12.3 Å². The lowest BCUT2D eigenvalue weighted by Gasteiger charge is -2.40. The summed E-state index contributed by atoms with van der Waals surface area (Å²) in [5, 5.41) is 21.1. The van der Waals surface area contributed by atoms with Crippen molar-refractivity contribution < 1.29 is 19.8 Å². The zero-order valence-corrected chi connectivity index (χ0v) is 10.2. The molecule has 1 aliphatic rings. The molecule has 0 aromatic carbocycles. The maximum Gasteiger partial charge on any atom is 0.323 e. The number of terminal acetylenes is 1. The molecule has 0 saturated carbocycles. The second kappa shape index (κ2) is 4.04. The zero-order chi connectivity index (χ0) is 13.4. The highest BCUT2D eigenvalue weighted by atomic mass is 16.4. The van der Waals surface area contributed by atoms with Crippen LogP contribution in [0.15, 0.2) is 0 Å². The van der Waals surface area contributed by atoms with E-state index < -0.39 is 28.9 Å². The van der Waals surface area contributed by atoms with Crippen molar-refractivity contribution in [3.05, 3.63) is 0 Å². The molecule has 94 valence electrons. The number of rotatable bonds is 3. The van der Waals surface area contributed by atoms with Crippen LogP contribution in [0.4, 0.5) is 0 Å². The van der Waals surface area contributed by atoms with Crippen molar-refractivity contribution >= 4 is 11.9 Å². The van der Waals surface area contributed by atoms with Gasteiger partial charge in [-0.05, 0) is 26.2 Å². The first-order valence-corrected chi connectivity index (χ1v) is 5.40. The van der Waals surface area contributed by atoms with Crippen LogP contribution in [0.3, 0.4) is 0 Å². The molecule has 1 heterocycles. The Hall–Kier alpha value is -1.54. The van der Waals surface area contributed by atoms with Gasteiger partial charge in [0.25, 0.3) is 0 Å². The molecule has 0 aromatic heterocycles. The van der Waals surface area contributed by atoms with Gasteiger partial charge in [-0.2, -0.15) is 0 Å². The molecule has 1 saturated heterocycles. The Bertz CT molecular complexity index is 400. The summed E-state index contributed by atoms with van der Waals surface area (Å²) in [7, 11) is 0. The molecule has 0 bridgehead atoms. The third-order valence-corrected chi connectivity index (χ3v) is 4.10. The van der Waals surface area contributed by atoms with Crippen molar-refractivity contribution in [3.63, 3.8) is 0 Å². The molecule has 4 atom stereocenters. The highest BCUT2D eigenvalue weighted by molar-refractivity contribution is 5.81. The molecule has 1 fully saturated rings. The van der Waals surface area contributed by atoms with Gasteiger partial charge in [-0.3, -0.25) is 14.9 Å². The van der Waals surface area contributed by atoms with Crippen LogP contribution >= 0.6 is 0 Å². The average Bonchev–Trinajstić information content (AvgIpc) is 2.55. The van der Waals surface area contributed by atoms with Gasteiger partial charge in [0, 0.05) is 5.54 Å². The summed E-state index contributed by atoms with van der Waals surface area (Å²) in [6.45, 7) is 4.94. The molecule has 1 aliphatic heterocycles. The Morgan fingerprint density at radius 1 is 1.53 bits per heavy atom. The fourth-order valence-corrected chi connectivity index (χ4v) is 2.39. The highest BCUT2D eigenvalue weighted by Crippen LogP contribution is 2.43. The molecule has 17 heavy (non-hydrogen) atoms. The van der Waals surface area contributed by atoms with E-state index in [2.05, 4.69) is 11.2 Å². The maximum atomic E-state index is 11.3. The molecule has 0 radical (unpaired) electrons. The number of hydrogen-bond donors (Lipinski definition) is 3. The lowest BCUT2D eigenvalue weighted by molar-refractivity contribution is -0.150. The summed E-state index contributed by atoms with van der Waals surface area (Å²) in [4.78, 5) is 22.3. The highest BCUT2D eigenvalue weighted by Gasteiger charge is 2.57. The van der Waals surface area contributed by atoms with E-state index in [0.29, 0.717) is 6.42 Å². The van der Waals surface area contributed by atoms with Crippen LogP contribution in [0.2, 0.25) is 0 Å². The van der Waals surface area contributed by atoms with Gasteiger partial charge in [-0.1, -0.05) is 12.8 Å². The number of aliphatic carboxylic acids is 2. The first kappa shape index (κ1) is 13.5. The van der Waals surface area contributed by atoms with Gasteiger partial charge in [0.1, 0.15) is 11.5 Å². The topological polar surface area (TPSA) is 86.6 Å². The van der Waals surface area contributed by atoms with E-state index in [1.165, 1.54) is 6.92 Å². The van der Waals surface area contributed by atoms with Crippen molar-refractivity contribution in [1.29, 1.82) is 0 Å². The van der Waals surface area contributed by atoms with Gasteiger partial charge in [0.15, 0.2) is 0 Å². The van der Waals surface area contributed by atoms with Gasteiger partial charge in [0.05, 0.1) is 0 Å². The van der Waals surface area contributed by atoms with E-state index in [1.54, 1.807) is 6.92 Å². The Morgan fingerprint density at radius 2 is 2.06 bits per heavy atom. The van der Waals surface area contributed by atoms with Crippen LogP contribution in [0, 0.1) is 23.7 Å². The third kappa shape index (κ3) is 1.79. The number of nitrogens with one attached hydrogen (secondary N) is 1. The quantitative estimate of drug-likeness (QED) is 0.626. The predicted octanol–water partition coefficient (Wildman–Crippen LogP) is 0.552. The first-order chi connectivity index (χ1) is 7.69. The number of carbonyl (C=O) groups is 2. The summed E-state index contributed by atoms with van der Waals surface area (Å²) in [5.74, 6) is 0.0582. The molecule has 5 heteroatoms. The fourth-order valence-electron chi connectivity index (χ4n) is 2.39. The molecular formula is C12H17NO4. The molecule has 4 unspecified atom stereocenters. The van der Waals surface area contributed by atoms with Crippen LogP contribution < -0.4 is 5.32 Å². The van der Waals surface area contributed by atoms with E-state index in [9.17, 15) is 14.7 Å². The molecule has 3 N–H and O–H groups in total. The molecule has 1 rings (SSSR count). The van der Waals surface area contributed by atoms with Gasteiger partial charge < -0.3 is 10.2 Å². The van der Waals surface area contributed by atoms with Gasteiger partial charge in [0.2, 0.25) is 0 Å². The van der Waals surface area contributed by atoms with E-state index in [4.69, 9.17) is 11.5 Å². The second-order valence-electron chi connectivity index (χ2n) is 4.95. The molecule has 0 aromatic rings. The number of carboxylic acid groups (broad SMARTS) is 2. The van der Waals surface area contributed by atoms with Crippen LogP contribution in [-0.4, -0.2) is 33.7 Å². The normalized spacial score (nSPS) is 35.9.